The summed E-state index contributed by atoms with van der Waals surface area (Å²) >= 11 is 1.98. The van der Waals surface area contributed by atoms with E-state index in [1.807, 2.05) is 16.7 Å². The van der Waals surface area contributed by atoms with Crippen molar-refractivity contribution in [2.45, 2.75) is 39.7 Å². The van der Waals surface area contributed by atoms with E-state index >= 15 is 0 Å². The van der Waals surface area contributed by atoms with Crippen LogP contribution >= 0.6 is 11.8 Å². The second-order valence-corrected chi connectivity index (χ2v) is 7.60. The van der Waals surface area contributed by atoms with Gasteiger partial charge in [0.05, 0.1) is 0 Å². The Hall–Kier alpha value is -0.220. The quantitative estimate of drug-likeness (QED) is 0.693. The fourth-order valence-corrected chi connectivity index (χ4v) is 3.18. The molecular weight excluding hydrogens is 244 g/mol. The van der Waals surface area contributed by atoms with Crippen molar-refractivity contribution < 1.29 is 4.79 Å². The number of carbonyl (C=O) groups is 1. The summed E-state index contributed by atoms with van der Waals surface area (Å²) in [4.78, 5) is 16.4. The molecule has 1 atom stereocenters. The van der Waals surface area contributed by atoms with Gasteiger partial charge in [-0.15, -0.1) is 0 Å². The highest BCUT2D eigenvalue weighted by Crippen LogP contribution is 2.26. The largest absolute Gasteiger partial charge is 0.338 e. The average molecular weight is 272 g/mol. The van der Waals surface area contributed by atoms with Crippen molar-refractivity contribution in [2.75, 3.05) is 38.2 Å². The molecule has 0 radical (unpaired) electrons. The lowest BCUT2D eigenvalue weighted by Gasteiger charge is -2.32. The third-order valence-corrected chi connectivity index (χ3v) is 4.29. The highest BCUT2D eigenvalue weighted by atomic mass is 32.2. The maximum Gasteiger partial charge on any atom is 0.223 e. The molecule has 0 unspecified atom stereocenters. The lowest BCUT2D eigenvalue weighted by Crippen LogP contribution is -2.42. The normalized spacial score (nSPS) is 21.1. The zero-order valence-electron chi connectivity index (χ0n) is 12.5. The number of rotatable bonds is 6. The summed E-state index contributed by atoms with van der Waals surface area (Å²) in [6.45, 7) is 11.6. The maximum absolute atomic E-state index is 12.0. The smallest absolute Gasteiger partial charge is 0.223 e. The molecule has 4 heteroatoms. The van der Waals surface area contributed by atoms with Gasteiger partial charge in [0.15, 0.2) is 0 Å². The molecule has 0 spiro atoms. The van der Waals surface area contributed by atoms with Gasteiger partial charge in [-0.05, 0) is 39.5 Å². The Bertz CT molecular complexity index is 275. The molecule has 18 heavy (non-hydrogen) atoms. The summed E-state index contributed by atoms with van der Waals surface area (Å²) in [5.74, 6) is 3.21. The molecule has 0 N–H and O–H groups in total. The van der Waals surface area contributed by atoms with Crippen LogP contribution in [0.25, 0.3) is 0 Å². The Morgan fingerprint density at radius 1 is 1.44 bits per heavy atom. The van der Waals surface area contributed by atoms with Crippen molar-refractivity contribution in [1.82, 2.24) is 9.80 Å². The van der Waals surface area contributed by atoms with E-state index in [-0.39, 0.29) is 5.54 Å². The first-order valence-corrected chi connectivity index (χ1v) is 8.06. The van der Waals surface area contributed by atoms with Gasteiger partial charge in [-0.3, -0.25) is 4.79 Å². The van der Waals surface area contributed by atoms with E-state index in [0.29, 0.717) is 11.8 Å². The molecule has 1 aliphatic rings. The second kappa shape index (κ2) is 6.80. The van der Waals surface area contributed by atoms with Crippen molar-refractivity contribution in [2.24, 2.45) is 5.92 Å². The molecule has 1 saturated heterocycles. The van der Waals surface area contributed by atoms with Crippen LogP contribution < -0.4 is 0 Å². The van der Waals surface area contributed by atoms with E-state index in [1.54, 1.807) is 0 Å². The second-order valence-electron chi connectivity index (χ2n) is 6.20. The van der Waals surface area contributed by atoms with E-state index in [9.17, 15) is 4.79 Å². The number of amides is 1. The van der Waals surface area contributed by atoms with Gasteiger partial charge in [0.1, 0.15) is 0 Å². The predicted molar refractivity (Wildman–Crippen MR) is 80.1 cm³/mol. The standard InChI is InChI=1S/C14H28N2OS/c1-6-18-8-7-15(5)10-12-9-13(17)16(11-12)14(2,3)4/h12H,6-11H2,1-5H3/t12-/m1/s1. The fourth-order valence-electron chi connectivity index (χ4n) is 2.45. The van der Waals surface area contributed by atoms with Crippen LogP contribution in [-0.4, -0.2) is 59.4 Å². The lowest BCUT2D eigenvalue weighted by atomic mass is 10.1. The third-order valence-electron chi connectivity index (χ3n) is 3.41. The Morgan fingerprint density at radius 2 is 2.11 bits per heavy atom. The summed E-state index contributed by atoms with van der Waals surface area (Å²) < 4.78 is 0. The van der Waals surface area contributed by atoms with Gasteiger partial charge >= 0.3 is 0 Å². The Balaban J connectivity index is 2.35. The summed E-state index contributed by atoms with van der Waals surface area (Å²) in [7, 11) is 2.17. The van der Waals surface area contributed by atoms with Gasteiger partial charge in [0, 0.05) is 37.3 Å². The van der Waals surface area contributed by atoms with Gasteiger partial charge in [0.2, 0.25) is 5.91 Å². The Kier molecular flexibility index (Phi) is 5.99. The van der Waals surface area contributed by atoms with Gasteiger partial charge in [0.25, 0.3) is 0 Å². The predicted octanol–water partition coefficient (Wildman–Crippen LogP) is 2.32. The zero-order chi connectivity index (χ0) is 13.8. The van der Waals surface area contributed by atoms with Crippen LogP contribution in [0, 0.1) is 5.92 Å². The Labute approximate surface area is 116 Å². The van der Waals surface area contributed by atoms with Crippen LogP contribution in [0.2, 0.25) is 0 Å². The molecule has 1 rings (SSSR count). The van der Waals surface area contributed by atoms with Gasteiger partial charge in [-0.2, -0.15) is 11.8 Å². The summed E-state index contributed by atoms with van der Waals surface area (Å²) in [5.41, 5.74) is -0.0253. The highest BCUT2D eigenvalue weighted by Gasteiger charge is 2.36. The topological polar surface area (TPSA) is 23.6 Å². The minimum absolute atomic E-state index is 0.0253. The van der Waals surface area contributed by atoms with Crippen molar-refractivity contribution in [3.8, 4) is 0 Å². The highest BCUT2D eigenvalue weighted by molar-refractivity contribution is 7.99. The van der Waals surface area contributed by atoms with Gasteiger partial charge in [-0.1, -0.05) is 6.92 Å². The molecule has 0 aromatic carbocycles. The third kappa shape index (κ3) is 4.81. The molecule has 1 heterocycles. The minimum Gasteiger partial charge on any atom is -0.338 e. The SMILES string of the molecule is CCSCCN(C)C[C@H]1CC(=O)N(C(C)(C)C)C1. The Morgan fingerprint density at radius 3 is 2.61 bits per heavy atom. The number of carbonyl (C=O) groups excluding carboxylic acids is 1. The van der Waals surface area contributed by atoms with Crippen molar-refractivity contribution in [3.63, 3.8) is 0 Å². The molecule has 3 nitrogen and oxygen atoms in total. The molecule has 1 amide bonds. The van der Waals surface area contributed by atoms with E-state index in [1.165, 1.54) is 11.5 Å². The zero-order valence-corrected chi connectivity index (χ0v) is 13.3. The van der Waals surface area contributed by atoms with E-state index < -0.39 is 0 Å². The monoisotopic (exact) mass is 272 g/mol. The van der Waals surface area contributed by atoms with Crippen molar-refractivity contribution >= 4 is 17.7 Å². The first kappa shape index (κ1) is 15.8. The molecular formula is C14H28N2OS. The molecule has 0 aromatic heterocycles. The van der Waals surface area contributed by atoms with Gasteiger partial charge in [-0.25, -0.2) is 0 Å². The van der Waals surface area contributed by atoms with Crippen LogP contribution in [-0.2, 0) is 4.79 Å². The van der Waals surface area contributed by atoms with Crippen LogP contribution in [0.4, 0.5) is 0 Å². The average Bonchev–Trinajstić information content (AvgIpc) is 2.59. The van der Waals surface area contributed by atoms with E-state index in [2.05, 4.69) is 39.6 Å². The molecule has 0 aliphatic carbocycles. The maximum atomic E-state index is 12.0. The van der Waals surface area contributed by atoms with Crippen LogP contribution in [0.5, 0.6) is 0 Å². The van der Waals surface area contributed by atoms with E-state index in [4.69, 9.17) is 0 Å². The minimum atomic E-state index is -0.0253. The molecule has 1 aliphatic heterocycles. The molecule has 0 aromatic rings. The van der Waals surface area contributed by atoms with Crippen LogP contribution in [0.3, 0.4) is 0 Å². The summed E-state index contributed by atoms with van der Waals surface area (Å²) in [5, 5.41) is 0. The number of hydrogen-bond donors (Lipinski definition) is 0. The van der Waals surface area contributed by atoms with Crippen molar-refractivity contribution in [1.29, 1.82) is 0 Å². The first-order chi connectivity index (χ1) is 8.34. The number of thioether (sulfide) groups is 1. The number of likely N-dealkylation sites (tertiary alicyclic amines) is 1. The van der Waals surface area contributed by atoms with E-state index in [0.717, 1.165) is 26.1 Å². The fraction of sp³-hybridized carbons (Fsp3) is 0.929. The molecule has 1 fully saturated rings. The first-order valence-electron chi connectivity index (χ1n) is 6.91. The number of nitrogens with zero attached hydrogens (tertiary/aromatic N) is 2. The molecule has 0 saturated carbocycles. The summed E-state index contributed by atoms with van der Waals surface area (Å²) in [6, 6.07) is 0. The lowest BCUT2D eigenvalue weighted by molar-refractivity contribution is -0.131. The number of hydrogen-bond acceptors (Lipinski definition) is 3. The van der Waals surface area contributed by atoms with Gasteiger partial charge < -0.3 is 9.80 Å². The molecule has 0 bridgehead atoms. The van der Waals surface area contributed by atoms with Crippen molar-refractivity contribution in [3.05, 3.63) is 0 Å². The summed E-state index contributed by atoms with van der Waals surface area (Å²) in [6.07, 6.45) is 0.725. The van der Waals surface area contributed by atoms with Crippen LogP contribution in [0.15, 0.2) is 0 Å². The van der Waals surface area contributed by atoms with Crippen LogP contribution in [0.1, 0.15) is 34.1 Å². The molecule has 106 valence electrons.